The molecule has 3 rings (SSSR count). The fourth-order valence-corrected chi connectivity index (χ4v) is 3.28. The highest BCUT2D eigenvalue weighted by atomic mass is 35.5. The molecule has 0 saturated carbocycles. The summed E-state index contributed by atoms with van der Waals surface area (Å²) in [5, 5.41) is 3.19. The summed E-state index contributed by atoms with van der Waals surface area (Å²) in [6, 6.07) is 18.4. The number of nitrogens with one attached hydrogen (secondary N) is 1. The van der Waals surface area contributed by atoms with Crippen molar-refractivity contribution in [1.82, 2.24) is 5.32 Å². The monoisotopic (exact) mass is 395 g/mol. The maximum Gasteiger partial charge on any atom is 0.220 e. The lowest BCUT2D eigenvalue weighted by Gasteiger charge is -2.34. The molecule has 1 heterocycles. The Balaban J connectivity index is 0.00000169. The normalized spacial score (nSPS) is 16.2. The molecule has 2 aromatic carbocycles. The first kappa shape index (κ1) is 22.1. The van der Waals surface area contributed by atoms with Crippen molar-refractivity contribution < 1.29 is 4.79 Å². The zero-order valence-corrected chi connectivity index (χ0v) is 16.4. The van der Waals surface area contributed by atoms with E-state index in [4.69, 9.17) is 5.73 Å². The SMILES string of the molecule is Cl.Cl.Nc1ccccc1CCC(=O)NC1CCCN(c2ccccc2)C1. The van der Waals surface area contributed by atoms with Crippen molar-refractivity contribution in [1.29, 1.82) is 0 Å². The molecule has 3 N–H and O–H groups in total. The molecular weight excluding hydrogens is 369 g/mol. The molecule has 0 radical (unpaired) electrons. The van der Waals surface area contributed by atoms with E-state index >= 15 is 0 Å². The predicted octanol–water partition coefficient (Wildman–Crippen LogP) is 3.83. The minimum atomic E-state index is 0. The molecule has 1 saturated heterocycles. The van der Waals surface area contributed by atoms with Gasteiger partial charge in [-0.05, 0) is 43.0 Å². The molecule has 1 atom stereocenters. The van der Waals surface area contributed by atoms with E-state index in [0.717, 1.165) is 37.2 Å². The van der Waals surface area contributed by atoms with Crippen molar-refractivity contribution in [2.45, 2.75) is 31.7 Å². The Labute approximate surface area is 168 Å². The molecule has 1 aliphatic heterocycles. The number of aryl methyl sites for hydroxylation is 1. The molecule has 142 valence electrons. The van der Waals surface area contributed by atoms with E-state index in [1.807, 2.05) is 30.3 Å². The van der Waals surface area contributed by atoms with Crippen LogP contribution in [-0.4, -0.2) is 25.0 Å². The summed E-state index contributed by atoms with van der Waals surface area (Å²) in [6.45, 7) is 1.93. The van der Waals surface area contributed by atoms with Crippen LogP contribution < -0.4 is 16.0 Å². The van der Waals surface area contributed by atoms with Crippen LogP contribution in [0.5, 0.6) is 0 Å². The molecule has 0 spiro atoms. The molecular formula is C20H27Cl2N3O. The first-order chi connectivity index (χ1) is 11.7. The molecule has 1 fully saturated rings. The summed E-state index contributed by atoms with van der Waals surface area (Å²) < 4.78 is 0. The van der Waals surface area contributed by atoms with Crippen molar-refractivity contribution in [3.8, 4) is 0 Å². The van der Waals surface area contributed by atoms with Gasteiger partial charge in [0.15, 0.2) is 0 Å². The quantitative estimate of drug-likeness (QED) is 0.756. The smallest absolute Gasteiger partial charge is 0.220 e. The predicted molar refractivity (Wildman–Crippen MR) is 113 cm³/mol. The van der Waals surface area contributed by atoms with E-state index in [0.29, 0.717) is 12.8 Å². The van der Waals surface area contributed by atoms with Gasteiger partial charge in [-0.1, -0.05) is 36.4 Å². The highest BCUT2D eigenvalue weighted by molar-refractivity contribution is 5.85. The molecule has 0 aromatic heterocycles. The van der Waals surface area contributed by atoms with Crippen molar-refractivity contribution >= 4 is 42.1 Å². The van der Waals surface area contributed by atoms with E-state index in [-0.39, 0.29) is 36.8 Å². The van der Waals surface area contributed by atoms with Crippen LogP contribution in [0.2, 0.25) is 0 Å². The average Bonchev–Trinajstić information content (AvgIpc) is 2.62. The van der Waals surface area contributed by atoms with Gasteiger partial charge < -0.3 is 16.0 Å². The largest absolute Gasteiger partial charge is 0.399 e. The number of nitrogens with zero attached hydrogens (tertiary/aromatic N) is 1. The fraction of sp³-hybridized carbons (Fsp3) is 0.350. The molecule has 26 heavy (non-hydrogen) atoms. The molecule has 0 bridgehead atoms. The molecule has 4 nitrogen and oxygen atoms in total. The summed E-state index contributed by atoms with van der Waals surface area (Å²) in [6.07, 6.45) is 3.32. The minimum absolute atomic E-state index is 0. The van der Waals surface area contributed by atoms with Crippen LogP contribution in [0.15, 0.2) is 54.6 Å². The van der Waals surface area contributed by atoms with Gasteiger partial charge in [-0.25, -0.2) is 0 Å². The van der Waals surface area contributed by atoms with E-state index in [2.05, 4.69) is 34.5 Å². The van der Waals surface area contributed by atoms with Gasteiger partial charge in [-0.3, -0.25) is 4.79 Å². The number of hydrogen-bond donors (Lipinski definition) is 2. The van der Waals surface area contributed by atoms with E-state index in [9.17, 15) is 4.79 Å². The van der Waals surface area contributed by atoms with Crippen molar-refractivity contribution in [2.24, 2.45) is 0 Å². The third kappa shape index (κ3) is 6.11. The van der Waals surface area contributed by atoms with Crippen LogP contribution in [0.25, 0.3) is 0 Å². The van der Waals surface area contributed by atoms with Crippen LogP contribution in [0.3, 0.4) is 0 Å². The first-order valence-electron chi connectivity index (χ1n) is 8.65. The maximum atomic E-state index is 12.3. The topological polar surface area (TPSA) is 58.4 Å². The summed E-state index contributed by atoms with van der Waals surface area (Å²) in [5.41, 5.74) is 8.97. The van der Waals surface area contributed by atoms with Crippen LogP contribution in [0.1, 0.15) is 24.8 Å². The number of nitrogen functional groups attached to an aromatic ring is 1. The second-order valence-electron chi connectivity index (χ2n) is 6.39. The van der Waals surface area contributed by atoms with Gasteiger partial charge in [0.2, 0.25) is 5.91 Å². The molecule has 1 unspecified atom stereocenters. The van der Waals surface area contributed by atoms with Crippen LogP contribution in [0.4, 0.5) is 11.4 Å². The maximum absolute atomic E-state index is 12.3. The molecule has 6 heteroatoms. The summed E-state index contributed by atoms with van der Waals surface area (Å²) in [5.74, 6) is 0.109. The van der Waals surface area contributed by atoms with Gasteiger partial charge in [-0.2, -0.15) is 0 Å². The van der Waals surface area contributed by atoms with Gasteiger partial charge in [0.25, 0.3) is 0 Å². The van der Waals surface area contributed by atoms with Gasteiger partial charge in [0.1, 0.15) is 0 Å². The summed E-state index contributed by atoms with van der Waals surface area (Å²) in [4.78, 5) is 14.6. The number of rotatable bonds is 5. The number of carbonyl (C=O) groups excluding carboxylic acids is 1. The Morgan fingerprint density at radius 3 is 2.50 bits per heavy atom. The molecule has 2 aromatic rings. The van der Waals surface area contributed by atoms with Crippen LogP contribution in [-0.2, 0) is 11.2 Å². The van der Waals surface area contributed by atoms with Gasteiger partial charge in [0, 0.05) is 36.9 Å². The standard InChI is InChI=1S/C20H25N3O.2ClH/c21-19-11-5-4-7-16(19)12-13-20(24)22-17-8-6-14-23(15-17)18-9-2-1-3-10-18;;/h1-5,7,9-11,17H,6,8,12-15,21H2,(H,22,24);2*1H. The highest BCUT2D eigenvalue weighted by Crippen LogP contribution is 2.19. The Hall–Kier alpha value is -1.91. The van der Waals surface area contributed by atoms with Crippen LogP contribution in [0, 0.1) is 0 Å². The number of amides is 1. The van der Waals surface area contributed by atoms with E-state index < -0.39 is 0 Å². The van der Waals surface area contributed by atoms with Gasteiger partial charge in [0.05, 0.1) is 0 Å². The molecule has 1 aliphatic rings. The fourth-order valence-electron chi connectivity index (χ4n) is 3.28. The molecule has 0 aliphatic carbocycles. The number of para-hydroxylation sites is 2. The zero-order valence-electron chi connectivity index (χ0n) is 14.8. The number of benzene rings is 2. The lowest BCUT2D eigenvalue weighted by molar-refractivity contribution is -0.121. The highest BCUT2D eigenvalue weighted by Gasteiger charge is 2.21. The van der Waals surface area contributed by atoms with E-state index in [1.54, 1.807) is 0 Å². The van der Waals surface area contributed by atoms with E-state index in [1.165, 1.54) is 5.69 Å². The number of anilines is 2. The molecule has 1 amide bonds. The Kier molecular flexibility index (Phi) is 9.31. The van der Waals surface area contributed by atoms with Crippen molar-refractivity contribution in [3.63, 3.8) is 0 Å². The lowest BCUT2D eigenvalue weighted by atomic mass is 10.0. The van der Waals surface area contributed by atoms with Gasteiger partial charge >= 0.3 is 0 Å². The minimum Gasteiger partial charge on any atom is -0.399 e. The second-order valence-corrected chi connectivity index (χ2v) is 6.39. The third-order valence-corrected chi connectivity index (χ3v) is 4.58. The summed E-state index contributed by atoms with van der Waals surface area (Å²) in [7, 11) is 0. The van der Waals surface area contributed by atoms with Gasteiger partial charge in [-0.15, -0.1) is 24.8 Å². The number of carbonyl (C=O) groups is 1. The number of nitrogens with two attached hydrogens (primary N) is 1. The zero-order chi connectivity index (χ0) is 16.8. The Morgan fingerprint density at radius 2 is 1.77 bits per heavy atom. The lowest BCUT2D eigenvalue weighted by Crippen LogP contribution is -2.47. The van der Waals surface area contributed by atoms with Crippen LogP contribution >= 0.6 is 24.8 Å². The first-order valence-corrected chi connectivity index (χ1v) is 8.65. The number of piperidine rings is 1. The Morgan fingerprint density at radius 1 is 1.08 bits per heavy atom. The number of halogens is 2. The average molecular weight is 396 g/mol. The summed E-state index contributed by atoms with van der Waals surface area (Å²) >= 11 is 0. The second kappa shape index (κ2) is 10.9. The van der Waals surface area contributed by atoms with Crippen molar-refractivity contribution in [3.05, 3.63) is 60.2 Å². The third-order valence-electron chi connectivity index (χ3n) is 4.58. The Bertz CT molecular complexity index is 682. The van der Waals surface area contributed by atoms with Crippen molar-refractivity contribution in [2.75, 3.05) is 23.7 Å². The number of hydrogen-bond acceptors (Lipinski definition) is 3.